The lowest BCUT2D eigenvalue weighted by Gasteiger charge is -2.24. The molecule has 0 radical (unpaired) electrons. The van der Waals surface area contributed by atoms with Gasteiger partial charge in [-0.25, -0.2) is 0 Å². The van der Waals surface area contributed by atoms with Crippen LogP contribution in [0, 0.1) is 0 Å². The predicted molar refractivity (Wildman–Crippen MR) is 91.5 cm³/mol. The van der Waals surface area contributed by atoms with Crippen LogP contribution in [-0.4, -0.2) is 18.5 Å². The maximum atomic E-state index is 5.98. The summed E-state index contributed by atoms with van der Waals surface area (Å²) in [6.45, 7) is 1.39. The standard InChI is InChI=1S/C16H17BrN2OS/c1-19(9-13-7-12(17)10-21-13)14(8-18)16-6-11-4-2-3-5-15(11)20-16/h2-7,10,14H,8-9,18H2,1H3. The molecule has 2 aromatic heterocycles. The molecule has 5 heteroatoms. The van der Waals surface area contributed by atoms with Crippen molar-refractivity contribution in [1.82, 2.24) is 4.90 Å². The Hall–Kier alpha value is -1.14. The van der Waals surface area contributed by atoms with Crippen molar-refractivity contribution in [2.75, 3.05) is 13.6 Å². The lowest BCUT2D eigenvalue weighted by atomic mass is 10.1. The molecule has 0 fully saturated rings. The van der Waals surface area contributed by atoms with Crippen molar-refractivity contribution in [3.63, 3.8) is 0 Å². The van der Waals surface area contributed by atoms with E-state index in [2.05, 4.69) is 51.5 Å². The van der Waals surface area contributed by atoms with E-state index in [0.717, 1.165) is 27.7 Å². The second-order valence-electron chi connectivity index (χ2n) is 5.08. The first-order valence-electron chi connectivity index (χ1n) is 6.79. The van der Waals surface area contributed by atoms with Gasteiger partial charge in [0.1, 0.15) is 11.3 Å². The lowest BCUT2D eigenvalue weighted by molar-refractivity contribution is 0.217. The quantitative estimate of drug-likeness (QED) is 0.729. The summed E-state index contributed by atoms with van der Waals surface area (Å²) >= 11 is 5.24. The topological polar surface area (TPSA) is 42.4 Å². The normalized spacial score (nSPS) is 13.1. The number of thiophene rings is 1. The van der Waals surface area contributed by atoms with Crippen molar-refractivity contribution in [3.8, 4) is 0 Å². The number of fused-ring (bicyclic) bond motifs is 1. The third-order valence-corrected chi connectivity index (χ3v) is 5.24. The fourth-order valence-corrected chi connectivity index (χ4v) is 3.99. The van der Waals surface area contributed by atoms with Crippen molar-refractivity contribution in [1.29, 1.82) is 0 Å². The molecule has 21 heavy (non-hydrogen) atoms. The lowest BCUT2D eigenvalue weighted by Crippen LogP contribution is -2.29. The van der Waals surface area contributed by atoms with Gasteiger partial charge in [-0.2, -0.15) is 0 Å². The summed E-state index contributed by atoms with van der Waals surface area (Å²) in [5.41, 5.74) is 6.89. The van der Waals surface area contributed by atoms with Crippen LogP contribution in [0.1, 0.15) is 16.7 Å². The number of furan rings is 1. The number of hydrogen-bond donors (Lipinski definition) is 1. The number of likely N-dealkylation sites (N-methyl/N-ethyl adjacent to an activating group) is 1. The molecule has 0 aliphatic heterocycles. The molecule has 1 aromatic carbocycles. The Kier molecular flexibility index (Phi) is 4.45. The van der Waals surface area contributed by atoms with Gasteiger partial charge in [0.05, 0.1) is 6.04 Å². The van der Waals surface area contributed by atoms with Crippen molar-refractivity contribution in [3.05, 3.63) is 56.9 Å². The molecule has 0 saturated heterocycles. The van der Waals surface area contributed by atoms with Crippen LogP contribution >= 0.6 is 27.3 Å². The first-order valence-corrected chi connectivity index (χ1v) is 8.46. The van der Waals surface area contributed by atoms with E-state index in [1.165, 1.54) is 4.88 Å². The van der Waals surface area contributed by atoms with Gasteiger partial charge in [0.15, 0.2) is 0 Å². The van der Waals surface area contributed by atoms with Crippen LogP contribution in [0.25, 0.3) is 11.0 Å². The second kappa shape index (κ2) is 6.32. The van der Waals surface area contributed by atoms with Crippen molar-refractivity contribution < 1.29 is 4.42 Å². The molecule has 2 heterocycles. The Labute approximate surface area is 136 Å². The first-order chi connectivity index (χ1) is 10.2. The number of halogens is 1. The van der Waals surface area contributed by atoms with Crippen LogP contribution in [0.3, 0.4) is 0 Å². The van der Waals surface area contributed by atoms with Gasteiger partial charge < -0.3 is 10.2 Å². The Morgan fingerprint density at radius 2 is 2.14 bits per heavy atom. The van der Waals surface area contributed by atoms with Crippen molar-refractivity contribution in [2.24, 2.45) is 5.73 Å². The Bertz CT molecular complexity index is 704. The molecular weight excluding hydrogens is 348 g/mol. The van der Waals surface area contributed by atoms with Gasteiger partial charge in [0.25, 0.3) is 0 Å². The maximum absolute atomic E-state index is 5.98. The minimum Gasteiger partial charge on any atom is -0.459 e. The van der Waals surface area contributed by atoms with Crippen LogP contribution in [0.5, 0.6) is 0 Å². The SMILES string of the molecule is CN(Cc1cc(Br)cs1)C(CN)c1cc2ccccc2o1. The number of benzene rings is 1. The van der Waals surface area contributed by atoms with Gasteiger partial charge in [-0.05, 0) is 41.2 Å². The summed E-state index contributed by atoms with van der Waals surface area (Å²) < 4.78 is 7.09. The summed E-state index contributed by atoms with van der Waals surface area (Å²) in [6, 6.07) is 12.4. The van der Waals surface area contributed by atoms with E-state index < -0.39 is 0 Å². The van der Waals surface area contributed by atoms with Crippen LogP contribution in [0.15, 0.2) is 50.7 Å². The third-order valence-electron chi connectivity index (χ3n) is 3.56. The van der Waals surface area contributed by atoms with Gasteiger partial charge in [0.2, 0.25) is 0 Å². The number of nitrogens with zero attached hydrogens (tertiary/aromatic N) is 1. The van der Waals surface area contributed by atoms with Crippen LogP contribution < -0.4 is 5.73 Å². The van der Waals surface area contributed by atoms with Gasteiger partial charge in [-0.1, -0.05) is 18.2 Å². The number of rotatable bonds is 5. The third kappa shape index (κ3) is 3.21. The van der Waals surface area contributed by atoms with E-state index in [1.54, 1.807) is 11.3 Å². The average molecular weight is 365 g/mol. The van der Waals surface area contributed by atoms with Crippen LogP contribution in [-0.2, 0) is 6.54 Å². The van der Waals surface area contributed by atoms with Gasteiger partial charge in [-0.3, -0.25) is 4.90 Å². The van der Waals surface area contributed by atoms with Crippen molar-refractivity contribution >= 4 is 38.2 Å². The minimum absolute atomic E-state index is 0.0817. The number of nitrogens with two attached hydrogens (primary N) is 1. The molecule has 1 unspecified atom stereocenters. The first kappa shape index (κ1) is 14.8. The molecule has 0 bridgehead atoms. The molecule has 3 nitrogen and oxygen atoms in total. The average Bonchev–Trinajstić information content (AvgIpc) is 3.05. The molecule has 0 aliphatic rings. The fraction of sp³-hybridized carbons (Fsp3) is 0.250. The number of para-hydroxylation sites is 1. The Morgan fingerprint density at radius 1 is 1.33 bits per heavy atom. The molecular formula is C16H17BrN2OS. The molecule has 110 valence electrons. The largest absolute Gasteiger partial charge is 0.459 e. The molecule has 0 aliphatic carbocycles. The molecule has 3 rings (SSSR count). The Balaban J connectivity index is 1.83. The summed E-state index contributed by atoms with van der Waals surface area (Å²) in [7, 11) is 2.08. The number of hydrogen-bond acceptors (Lipinski definition) is 4. The summed E-state index contributed by atoms with van der Waals surface area (Å²) in [5.74, 6) is 0.928. The smallest absolute Gasteiger partial charge is 0.134 e. The van der Waals surface area contributed by atoms with Gasteiger partial charge in [-0.15, -0.1) is 11.3 Å². The summed E-state index contributed by atoms with van der Waals surface area (Å²) in [6.07, 6.45) is 0. The molecule has 0 amide bonds. The van der Waals surface area contributed by atoms with Crippen LogP contribution in [0.4, 0.5) is 0 Å². The van der Waals surface area contributed by atoms with E-state index >= 15 is 0 Å². The van der Waals surface area contributed by atoms with Gasteiger partial charge in [0, 0.05) is 33.2 Å². The highest BCUT2D eigenvalue weighted by Crippen LogP contribution is 2.28. The fourth-order valence-electron chi connectivity index (χ4n) is 2.47. The molecule has 0 saturated carbocycles. The van der Waals surface area contributed by atoms with Gasteiger partial charge >= 0.3 is 0 Å². The maximum Gasteiger partial charge on any atom is 0.134 e. The molecule has 0 spiro atoms. The Morgan fingerprint density at radius 3 is 2.81 bits per heavy atom. The predicted octanol–water partition coefficient (Wildman–Crippen LogP) is 4.39. The summed E-state index contributed by atoms with van der Waals surface area (Å²) in [5, 5.41) is 3.22. The zero-order valence-electron chi connectivity index (χ0n) is 11.8. The van der Waals surface area contributed by atoms with E-state index in [0.29, 0.717) is 6.54 Å². The highest BCUT2D eigenvalue weighted by atomic mass is 79.9. The minimum atomic E-state index is 0.0817. The van der Waals surface area contributed by atoms with E-state index in [4.69, 9.17) is 10.2 Å². The van der Waals surface area contributed by atoms with E-state index in [1.807, 2.05) is 18.2 Å². The van der Waals surface area contributed by atoms with Crippen LogP contribution in [0.2, 0.25) is 0 Å². The van der Waals surface area contributed by atoms with Crippen molar-refractivity contribution in [2.45, 2.75) is 12.6 Å². The van der Waals surface area contributed by atoms with E-state index in [-0.39, 0.29) is 6.04 Å². The van der Waals surface area contributed by atoms with E-state index in [9.17, 15) is 0 Å². The molecule has 2 N–H and O–H groups in total. The summed E-state index contributed by atoms with van der Waals surface area (Å²) in [4.78, 5) is 3.54. The molecule has 3 aromatic rings. The highest BCUT2D eigenvalue weighted by Gasteiger charge is 2.20. The monoisotopic (exact) mass is 364 g/mol. The second-order valence-corrected chi connectivity index (χ2v) is 7.00. The highest BCUT2D eigenvalue weighted by molar-refractivity contribution is 9.10. The molecule has 1 atom stereocenters. The zero-order valence-corrected chi connectivity index (χ0v) is 14.2. The zero-order chi connectivity index (χ0) is 14.8.